The molecule has 0 N–H and O–H groups in total. The summed E-state index contributed by atoms with van der Waals surface area (Å²) >= 11 is 15.8. The van der Waals surface area contributed by atoms with Crippen LogP contribution in [0.5, 0.6) is 11.5 Å². The van der Waals surface area contributed by atoms with E-state index in [1.165, 1.54) is 26.4 Å². The molecule has 0 aliphatic rings. The first kappa shape index (κ1) is 16.4. The van der Waals surface area contributed by atoms with E-state index in [2.05, 4.69) is 15.9 Å². The van der Waals surface area contributed by atoms with Gasteiger partial charge in [0.25, 0.3) is 0 Å². The maximum Gasteiger partial charge on any atom is 0.163 e. The third-order valence-electron chi connectivity index (χ3n) is 3.01. The Labute approximate surface area is 140 Å². The van der Waals surface area contributed by atoms with E-state index >= 15 is 0 Å². The first-order valence-corrected chi connectivity index (χ1v) is 7.59. The van der Waals surface area contributed by atoms with Crippen molar-refractivity contribution in [3.05, 3.63) is 56.8 Å². The largest absolute Gasteiger partial charge is 0.493 e. The van der Waals surface area contributed by atoms with E-state index in [9.17, 15) is 4.39 Å². The highest BCUT2D eigenvalue weighted by atomic mass is 79.9. The van der Waals surface area contributed by atoms with E-state index in [1.54, 1.807) is 18.2 Å². The number of hydrogen-bond acceptors (Lipinski definition) is 2. The second-order valence-electron chi connectivity index (χ2n) is 4.26. The van der Waals surface area contributed by atoms with E-state index in [1.807, 2.05) is 0 Å². The number of ether oxygens (including phenoxy) is 2. The Morgan fingerprint density at radius 2 is 1.67 bits per heavy atom. The summed E-state index contributed by atoms with van der Waals surface area (Å²) in [5.74, 6) is 0.255. The number of methoxy groups -OCH3 is 2. The van der Waals surface area contributed by atoms with E-state index in [4.69, 9.17) is 32.7 Å². The molecule has 21 heavy (non-hydrogen) atoms. The van der Waals surface area contributed by atoms with Crippen molar-refractivity contribution >= 4 is 39.1 Å². The molecule has 2 aromatic rings. The first-order chi connectivity index (χ1) is 9.97. The van der Waals surface area contributed by atoms with Crippen molar-refractivity contribution < 1.29 is 13.9 Å². The predicted octanol–water partition coefficient (Wildman–Crippen LogP) is 5.59. The van der Waals surface area contributed by atoms with E-state index in [0.717, 1.165) is 4.47 Å². The topological polar surface area (TPSA) is 18.5 Å². The highest BCUT2D eigenvalue weighted by molar-refractivity contribution is 9.10. The van der Waals surface area contributed by atoms with Crippen LogP contribution in [0.15, 0.2) is 34.8 Å². The second kappa shape index (κ2) is 6.86. The molecule has 0 aliphatic heterocycles. The fourth-order valence-electron chi connectivity index (χ4n) is 1.94. The molecule has 0 aliphatic carbocycles. The van der Waals surface area contributed by atoms with Crippen molar-refractivity contribution in [3.8, 4) is 11.5 Å². The van der Waals surface area contributed by atoms with Gasteiger partial charge < -0.3 is 9.47 Å². The fourth-order valence-corrected chi connectivity index (χ4v) is 3.08. The Morgan fingerprint density at radius 1 is 1.05 bits per heavy atom. The Balaban J connectivity index is 2.52. The third-order valence-corrected chi connectivity index (χ3v) is 4.43. The third kappa shape index (κ3) is 3.44. The number of halogens is 4. The highest BCUT2D eigenvalue weighted by Crippen LogP contribution is 2.40. The molecule has 0 aromatic heterocycles. The molecule has 6 heteroatoms. The molecule has 2 rings (SSSR count). The van der Waals surface area contributed by atoms with E-state index in [0.29, 0.717) is 22.1 Å². The van der Waals surface area contributed by atoms with Gasteiger partial charge in [-0.1, -0.05) is 27.5 Å². The lowest BCUT2D eigenvalue weighted by atomic mass is 10.0. The summed E-state index contributed by atoms with van der Waals surface area (Å²) in [7, 11) is 2.93. The first-order valence-electron chi connectivity index (χ1n) is 5.98. The normalized spacial score (nSPS) is 12.1. The summed E-state index contributed by atoms with van der Waals surface area (Å²) in [6.45, 7) is 0. The van der Waals surface area contributed by atoms with E-state index < -0.39 is 11.2 Å². The quantitative estimate of drug-likeness (QED) is 0.630. The molecule has 2 aromatic carbocycles. The minimum absolute atomic E-state index is 0.289. The molecule has 0 amide bonds. The van der Waals surface area contributed by atoms with Gasteiger partial charge >= 0.3 is 0 Å². The Kier molecular flexibility index (Phi) is 5.36. The average Bonchev–Trinajstić information content (AvgIpc) is 2.48. The molecular formula is C15H12BrCl2FO2. The maximum absolute atomic E-state index is 14.3. The minimum Gasteiger partial charge on any atom is -0.493 e. The number of benzene rings is 2. The summed E-state index contributed by atoms with van der Waals surface area (Å²) in [4.78, 5) is 0. The van der Waals surface area contributed by atoms with Gasteiger partial charge in [0.1, 0.15) is 5.82 Å². The molecule has 1 unspecified atom stereocenters. The molecule has 0 bridgehead atoms. The lowest BCUT2D eigenvalue weighted by Crippen LogP contribution is -2.01. The van der Waals surface area contributed by atoms with E-state index in [-0.39, 0.29) is 5.56 Å². The smallest absolute Gasteiger partial charge is 0.163 e. The van der Waals surface area contributed by atoms with Crippen molar-refractivity contribution in [2.75, 3.05) is 14.2 Å². The van der Waals surface area contributed by atoms with Crippen LogP contribution in [-0.4, -0.2) is 14.2 Å². The summed E-state index contributed by atoms with van der Waals surface area (Å²) in [6.07, 6.45) is 0. The summed E-state index contributed by atoms with van der Waals surface area (Å²) in [5.41, 5.74) is 0.965. The molecule has 2 nitrogen and oxygen atoms in total. The predicted molar refractivity (Wildman–Crippen MR) is 86.4 cm³/mol. The Bertz CT molecular complexity index is 664. The number of hydrogen-bond donors (Lipinski definition) is 0. The Hall–Kier alpha value is -0.970. The molecular weight excluding hydrogens is 382 g/mol. The fraction of sp³-hybridized carbons (Fsp3) is 0.200. The van der Waals surface area contributed by atoms with Crippen LogP contribution in [0.2, 0.25) is 5.02 Å². The van der Waals surface area contributed by atoms with Crippen molar-refractivity contribution in [2.45, 2.75) is 5.38 Å². The molecule has 0 spiro atoms. The monoisotopic (exact) mass is 392 g/mol. The molecule has 0 fully saturated rings. The molecule has 0 radical (unpaired) electrons. The van der Waals surface area contributed by atoms with Crippen LogP contribution in [0.1, 0.15) is 16.5 Å². The van der Waals surface area contributed by atoms with Crippen LogP contribution in [0.4, 0.5) is 4.39 Å². The van der Waals surface area contributed by atoms with Gasteiger partial charge in [-0.3, -0.25) is 0 Å². The molecule has 0 heterocycles. The van der Waals surface area contributed by atoms with Crippen LogP contribution in [-0.2, 0) is 0 Å². The summed E-state index contributed by atoms with van der Waals surface area (Å²) in [6, 6.07) is 7.97. The van der Waals surface area contributed by atoms with Gasteiger partial charge in [0.2, 0.25) is 0 Å². The molecule has 0 saturated carbocycles. The standard InChI is InChI=1S/C15H12BrCl2FO2/c1-20-13-6-10(12(19)7-14(13)21-2)15(18)9-5-8(17)3-4-11(9)16/h3-7,15H,1-2H3. The van der Waals surface area contributed by atoms with Crippen LogP contribution in [0.25, 0.3) is 0 Å². The number of rotatable bonds is 4. The zero-order chi connectivity index (χ0) is 15.6. The van der Waals surface area contributed by atoms with Gasteiger partial charge in [-0.2, -0.15) is 0 Å². The maximum atomic E-state index is 14.3. The van der Waals surface area contributed by atoms with Gasteiger partial charge in [0.05, 0.1) is 19.6 Å². The van der Waals surface area contributed by atoms with Gasteiger partial charge in [-0.15, -0.1) is 11.6 Å². The van der Waals surface area contributed by atoms with Crippen molar-refractivity contribution in [2.24, 2.45) is 0 Å². The molecule has 0 saturated heterocycles. The minimum atomic E-state index is -0.710. The lowest BCUT2D eigenvalue weighted by molar-refractivity contribution is 0.351. The van der Waals surface area contributed by atoms with Crippen LogP contribution in [0, 0.1) is 5.82 Å². The van der Waals surface area contributed by atoms with Crippen molar-refractivity contribution in [1.82, 2.24) is 0 Å². The lowest BCUT2D eigenvalue weighted by Gasteiger charge is -2.16. The van der Waals surface area contributed by atoms with Crippen LogP contribution >= 0.6 is 39.1 Å². The highest BCUT2D eigenvalue weighted by Gasteiger charge is 2.21. The van der Waals surface area contributed by atoms with Gasteiger partial charge in [-0.05, 0) is 29.8 Å². The van der Waals surface area contributed by atoms with Crippen molar-refractivity contribution in [1.29, 1.82) is 0 Å². The van der Waals surface area contributed by atoms with Gasteiger partial charge in [0, 0.05) is 21.1 Å². The Morgan fingerprint density at radius 3 is 2.29 bits per heavy atom. The second-order valence-corrected chi connectivity index (χ2v) is 5.98. The van der Waals surface area contributed by atoms with Gasteiger partial charge in [0.15, 0.2) is 11.5 Å². The summed E-state index contributed by atoms with van der Waals surface area (Å²) < 4.78 is 25.3. The zero-order valence-corrected chi connectivity index (χ0v) is 14.4. The average molecular weight is 394 g/mol. The molecule has 1 atom stereocenters. The summed E-state index contributed by atoms with van der Waals surface area (Å²) in [5, 5.41) is -0.183. The molecule has 112 valence electrons. The SMILES string of the molecule is COc1cc(F)c(C(Cl)c2cc(Cl)ccc2Br)cc1OC. The van der Waals surface area contributed by atoms with Crippen molar-refractivity contribution in [3.63, 3.8) is 0 Å². The number of alkyl halides is 1. The van der Waals surface area contributed by atoms with Crippen LogP contribution < -0.4 is 9.47 Å². The van der Waals surface area contributed by atoms with Gasteiger partial charge in [-0.25, -0.2) is 4.39 Å². The zero-order valence-electron chi connectivity index (χ0n) is 11.3. The van der Waals surface area contributed by atoms with Crippen LogP contribution in [0.3, 0.4) is 0 Å².